The van der Waals surface area contributed by atoms with Crippen molar-refractivity contribution in [2.75, 3.05) is 13.3 Å². The van der Waals surface area contributed by atoms with E-state index >= 15 is 8.78 Å². The van der Waals surface area contributed by atoms with Crippen LogP contribution in [0.1, 0.15) is 47.2 Å². The van der Waals surface area contributed by atoms with Gasteiger partial charge in [0.05, 0.1) is 26.5 Å². The second kappa shape index (κ2) is 10.2. The Bertz CT molecular complexity index is 1850. The third kappa shape index (κ3) is 4.62. The van der Waals surface area contributed by atoms with Crippen LogP contribution in [0, 0.1) is 25.5 Å². The van der Waals surface area contributed by atoms with E-state index in [9.17, 15) is 17.8 Å². The van der Waals surface area contributed by atoms with Crippen LogP contribution in [0.5, 0.6) is 0 Å². The molecule has 0 unspecified atom stereocenters. The van der Waals surface area contributed by atoms with E-state index in [0.717, 1.165) is 4.57 Å². The van der Waals surface area contributed by atoms with E-state index < -0.39 is 33.5 Å². The van der Waals surface area contributed by atoms with E-state index in [0.29, 0.717) is 33.5 Å². The van der Waals surface area contributed by atoms with Crippen LogP contribution in [-0.4, -0.2) is 36.8 Å². The smallest absolute Gasteiger partial charge is 0.277 e. The van der Waals surface area contributed by atoms with Crippen LogP contribution >= 0.6 is 11.6 Å². The van der Waals surface area contributed by atoms with Gasteiger partial charge in [0.25, 0.3) is 5.56 Å². The third-order valence-electron chi connectivity index (χ3n) is 7.18. The van der Waals surface area contributed by atoms with Gasteiger partial charge >= 0.3 is 6.55 Å². The van der Waals surface area contributed by atoms with Crippen molar-refractivity contribution in [3.8, 4) is 16.9 Å². The van der Waals surface area contributed by atoms with Crippen molar-refractivity contribution < 1.29 is 21.8 Å². The van der Waals surface area contributed by atoms with Gasteiger partial charge in [-0.2, -0.15) is 13.9 Å². The molecule has 3 aromatic heterocycles. The van der Waals surface area contributed by atoms with Gasteiger partial charge < -0.3 is 0 Å². The quantitative estimate of drug-likeness (QED) is 0.242. The summed E-state index contributed by atoms with van der Waals surface area (Å²) in [6.07, 6.45) is 5.83. The zero-order valence-corrected chi connectivity index (χ0v) is 23.4. The molecule has 210 valence electrons. The lowest BCUT2D eigenvalue weighted by Crippen LogP contribution is -2.24. The van der Waals surface area contributed by atoms with Crippen LogP contribution in [-0.2, 0) is 9.73 Å². The molecular weight excluding hydrogens is 570 g/mol. The number of halogens is 5. The first kappa shape index (κ1) is 28.0. The minimum Gasteiger partial charge on any atom is -0.277 e. The standard InChI is InChI=1S/C27H24ClF4N5O2S/c1-13-10-34-24(16-6-5-7-20(22(16)29)40(4,39)33-3)23(30)25(13)37-14(2)8-19(21(28)26(37)38)18-9-17(18)15-11-35-36(12-15)27(31)32/h5-8,10-12,17-18,27H,9H2,1-4H3/t17-,18+,40-/m1/s1. The van der Waals surface area contributed by atoms with E-state index in [-0.39, 0.29) is 38.7 Å². The molecule has 7 nitrogen and oxygen atoms in total. The average Bonchev–Trinajstić information content (AvgIpc) is 3.54. The number of hydrogen-bond donors (Lipinski definition) is 0. The summed E-state index contributed by atoms with van der Waals surface area (Å²) in [4.78, 5) is 17.4. The van der Waals surface area contributed by atoms with Crippen molar-refractivity contribution in [2.45, 2.75) is 43.5 Å². The van der Waals surface area contributed by atoms with Crippen LogP contribution in [0.3, 0.4) is 0 Å². The molecule has 5 rings (SSSR count). The Morgan fingerprint density at radius 2 is 1.88 bits per heavy atom. The predicted molar refractivity (Wildman–Crippen MR) is 144 cm³/mol. The van der Waals surface area contributed by atoms with Crippen LogP contribution in [0.4, 0.5) is 17.6 Å². The number of alkyl halides is 2. The van der Waals surface area contributed by atoms with Gasteiger partial charge in [-0.3, -0.25) is 14.3 Å². The molecule has 0 amide bonds. The summed E-state index contributed by atoms with van der Waals surface area (Å²) in [7, 11) is -1.76. The molecule has 0 spiro atoms. The first-order chi connectivity index (χ1) is 18.9. The molecule has 4 aromatic rings. The number of nitrogens with zero attached hydrogens (tertiary/aromatic N) is 5. The number of hydrogen-bond acceptors (Lipinski definition) is 5. The molecule has 3 atom stereocenters. The van der Waals surface area contributed by atoms with Gasteiger partial charge in [-0.15, -0.1) is 0 Å². The summed E-state index contributed by atoms with van der Waals surface area (Å²) >= 11 is 6.52. The molecule has 1 fully saturated rings. The largest absolute Gasteiger partial charge is 0.333 e. The summed E-state index contributed by atoms with van der Waals surface area (Å²) in [6.45, 7) is 0.415. The van der Waals surface area contributed by atoms with Crippen molar-refractivity contribution in [3.63, 3.8) is 0 Å². The Balaban J connectivity index is 1.59. The Labute approximate surface area is 232 Å². The number of benzene rings is 1. The molecule has 1 saturated carbocycles. The highest BCUT2D eigenvalue weighted by Gasteiger charge is 2.42. The van der Waals surface area contributed by atoms with Gasteiger partial charge in [0.15, 0.2) is 5.82 Å². The van der Waals surface area contributed by atoms with Crippen molar-refractivity contribution >= 4 is 21.3 Å². The fraction of sp³-hybridized carbons (Fsp3) is 0.296. The van der Waals surface area contributed by atoms with E-state index in [1.807, 2.05) is 0 Å². The molecule has 13 heteroatoms. The molecule has 0 radical (unpaired) electrons. The molecular formula is C27H24ClF4N5O2S. The van der Waals surface area contributed by atoms with E-state index in [1.54, 1.807) is 19.9 Å². The first-order valence-electron chi connectivity index (χ1n) is 12.2. The average molecular weight is 594 g/mol. The number of rotatable bonds is 6. The summed E-state index contributed by atoms with van der Waals surface area (Å²) in [5.74, 6) is -2.20. The lowest BCUT2D eigenvalue weighted by molar-refractivity contribution is 0.0565. The summed E-state index contributed by atoms with van der Waals surface area (Å²) in [6, 6.07) is 5.73. The van der Waals surface area contributed by atoms with Crippen molar-refractivity contribution in [3.05, 3.63) is 92.3 Å². The molecule has 40 heavy (non-hydrogen) atoms. The molecule has 3 heterocycles. The normalized spacial score (nSPS) is 18.1. The maximum absolute atomic E-state index is 16.1. The summed E-state index contributed by atoms with van der Waals surface area (Å²) < 4.78 is 75.6. The van der Waals surface area contributed by atoms with Gasteiger partial charge in [-0.1, -0.05) is 17.7 Å². The fourth-order valence-corrected chi connectivity index (χ4v) is 6.20. The highest BCUT2D eigenvalue weighted by atomic mass is 35.5. The molecule has 0 saturated heterocycles. The van der Waals surface area contributed by atoms with Crippen LogP contribution in [0.25, 0.3) is 16.9 Å². The second-order valence-electron chi connectivity index (χ2n) is 9.73. The Morgan fingerprint density at radius 1 is 1.15 bits per heavy atom. The highest BCUT2D eigenvalue weighted by Crippen LogP contribution is 2.56. The van der Waals surface area contributed by atoms with Gasteiger partial charge in [0.2, 0.25) is 0 Å². The van der Waals surface area contributed by atoms with Crippen molar-refractivity contribution in [2.24, 2.45) is 4.36 Å². The van der Waals surface area contributed by atoms with Crippen molar-refractivity contribution in [1.29, 1.82) is 0 Å². The Hall–Kier alpha value is -3.51. The van der Waals surface area contributed by atoms with Crippen LogP contribution < -0.4 is 5.56 Å². The van der Waals surface area contributed by atoms with Crippen LogP contribution in [0.15, 0.2) is 56.9 Å². The SMILES string of the molecule is CN=[S@](C)(=O)c1cccc(-c2ncc(C)c(-n3c(C)cc([C@H]4C[C@@H]4c4cnn(C(F)F)c4)c(Cl)c3=O)c2F)c1F. The van der Waals surface area contributed by atoms with E-state index in [2.05, 4.69) is 14.4 Å². The fourth-order valence-electron chi connectivity index (χ4n) is 4.95. The Morgan fingerprint density at radius 3 is 2.52 bits per heavy atom. The molecule has 1 aromatic carbocycles. The van der Waals surface area contributed by atoms with Crippen molar-refractivity contribution in [1.82, 2.24) is 19.3 Å². The maximum Gasteiger partial charge on any atom is 0.333 e. The number of pyridine rings is 2. The Kier molecular flexibility index (Phi) is 7.11. The van der Waals surface area contributed by atoms with Crippen LogP contribution in [0.2, 0.25) is 5.02 Å². The maximum atomic E-state index is 16.1. The molecule has 1 aliphatic rings. The highest BCUT2D eigenvalue weighted by molar-refractivity contribution is 7.93. The molecule has 1 aliphatic carbocycles. The van der Waals surface area contributed by atoms with Gasteiger partial charge in [-0.25, -0.2) is 22.0 Å². The molecule has 0 bridgehead atoms. The van der Waals surface area contributed by atoms with Gasteiger partial charge in [-0.05, 0) is 67.0 Å². The zero-order valence-electron chi connectivity index (χ0n) is 21.8. The lowest BCUT2D eigenvalue weighted by atomic mass is 10.0. The summed E-state index contributed by atoms with van der Waals surface area (Å²) in [5.41, 5.74) is 0.395. The second-order valence-corrected chi connectivity index (χ2v) is 12.5. The van der Waals surface area contributed by atoms with Gasteiger partial charge in [0.1, 0.15) is 16.5 Å². The molecule has 0 N–H and O–H groups in total. The predicted octanol–water partition coefficient (Wildman–Crippen LogP) is 6.40. The lowest BCUT2D eigenvalue weighted by Gasteiger charge is -2.18. The number of aromatic nitrogens is 4. The minimum atomic E-state index is -3.06. The summed E-state index contributed by atoms with van der Waals surface area (Å²) in [5, 5.41) is 3.55. The first-order valence-corrected chi connectivity index (χ1v) is 14.5. The minimum absolute atomic E-state index is 0.125. The zero-order chi connectivity index (χ0) is 29.1. The van der Waals surface area contributed by atoms with Gasteiger partial charge in [0, 0.05) is 37.0 Å². The van der Waals surface area contributed by atoms with E-state index in [1.165, 1.54) is 50.1 Å². The monoisotopic (exact) mass is 593 g/mol. The molecule has 0 aliphatic heterocycles. The number of aryl methyl sites for hydroxylation is 2. The topological polar surface area (TPSA) is 82.1 Å². The third-order valence-corrected chi connectivity index (χ3v) is 9.38. The van der Waals surface area contributed by atoms with E-state index in [4.69, 9.17) is 11.6 Å².